The zero-order valence-electron chi connectivity index (χ0n) is 11.2. The molecule has 0 bridgehead atoms. The smallest absolute Gasteiger partial charge is 0.319 e. The van der Waals surface area contributed by atoms with Crippen molar-refractivity contribution in [3.63, 3.8) is 0 Å². The van der Waals surface area contributed by atoms with Gasteiger partial charge in [-0.2, -0.15) is 5.10 Å². The highest BCUT2D eigenvalue weighted by molar-refractivity contribution is 5.89. The van der Waals surface area contributed by atoms with Crippen LogP contribution in [-0.2, 0) is 12.6 Å². The van der Waals surface area contributed by atoms with Crippen LogP contribution in [-0.4, -0.2) is 20.8 Å². The second-order valence-corrected chi connectivity index (χ2v) is 4.85. The number of hydrogen-bond donors (Lipinski definition) is 2. The average Bonchev–Trinajstić information content (AvgIpc) is 2.77. The molecule has 2 rings (SSSR count). The Morgan fingerprint density at radius 3 is 2.74 bits per heavy atom. The molecule has 0 aliphatic rings. The van der Waals surface area contributed by atoms with Crippen LogP contribution < -0.4 is 10.6 Å². The van der Waals surface area contributed by atoms with E-state index in [4.69, 9.17) is 0 Å². The highest BCUT2D eigenvalue weighted by atomic mass is 16.2. The number of hydrogen-bond acceptors (Lipinski definition) is 3. The lowest BCUT2D eigenvalue weighted by Crippen LogP contribution is -2.43. The van der Waals surface area contributed by atoms with Gasteiger partial charge in [0, 0.05) is 25.0 Å². The van der Waals surface area contributed by atoms with Crippen molar-refractivity contribution in [1.82, 2.24) is 20.1 Å². The largest absolute Gasteiger partial charge is 0.329 e. The molecular formula is C13H17N5O. The molecule has 0 spiro atoms. The van der Waals surface area contributed by atoms with E-state index in [2.05, 4.69) is 20.7 Å². The molecule has 0 unspecified atom stereocenters. The van der Waals surface area contributed by atoms with Crippen LogP contribution >= 0.6 is 0 Å². The maximum absolute atomic E-state index is 11.9. The van der Waals surface area contributed by atoms with Gasteiger partial charge in [0.2, 0.25) is 0 Å². The molecule has 0 atom stereocenters. The Labute approximate surface area is 111 Å². The Morgan fingerprint density at radius 2 is 2.16 bits per heavy atom. The maximum Gasteiger partial charge on any atom is 0.319 e. The number of anilines is 1. The average molecular weight is 259 g/mol. The van der Waals surface area contributed by atoms with Crippen LogP contribution in [0, 0.1) is 0 Å². The molecule has 0 saturated heterocycles. The Bertz CT molecular complexity index is 561. The van der Waals surface area contributed by atoms with E-state index in [0.717, 1.165) is 5.56 Å². The van der Waals surface area contributed by atoms with Crippen LogP contribution in [0.1, 0.15) is 19.4 Å². The maximum atomic E-state index is 11.9. The Kier molecular flexibility index (Phi) is 3.50. The summed E-state index contributed by atoms with van der Waals surface area (Å²) in [5.74, 6) is 0. The fraction of sp³-hybridized carbons (Fsp3) is 0.308. The number of nitrogens with zero attached hydrogens (tertiary/aromatic N) is 3. The lowest BCUT2D eigenvalue weighted by molar-refractivity contribution is 0.242. The van der Waals surface area contributed by atoms with E-state index in [0.29, 0.717) is 5.69 Å². The highest BCUT2D eigenvalue weighted by Crippen LogP contribution is 2.19. The number of aryl methyl sites for hydroxylation is 1. The van der Waals surface area contributed by atoms with Gasteiger partial charge in [-0.3, -0.25) is 9.67 Å². The van der Waals surface area contributed by atoms with E-state index < -0.39 is 5.54 Å². The van der Waals surface area contributed by atoms with Gasteiger partial charge in [0.25, 0.3) is 0 Å². The van der Waals surface area contributed by atoms with Crippen molar-refractivity contribution >= 4 is 11.7 Å². The molecule has 0 aliphatic heterocycles. The molecule has 0 fully saturated rings. The lowest BCUT2D eigenvalue weighted by atomic mass is 9.98. The van der Waals surface area contributed by atoms with Gasteiger partial charge in [0.15, 0.2) is 0 Å². The topological polar surface area (TPSA) is 71.8 Å². The molecule has 6 nitrogen and oxygen atoms in total. The number of urea groups is 1. The second kappa shape index (κ2) is 5.09. The zero-order chi connectivity index (χ0) is 13.9. The zero-order valence-corrected chi connectivity index (χ0v) is 11.2. The van der Waals surface area contributed by atoms with Crippen molar-refractivity contribution in [3.8, 4) is 0 Å². The van der Waals surface area contributed by atoms with Crippen molar-refractivity contribution in [2.24, 2.45) is 7.05 Å². The minimum absolute atomic E-state index is 0.276. The molecule has 2 heterocycles. The van der Waals surface area contributed by atoms with E-state index in [1.807, 2.05) is 27.1 Å². The standard InChI is InChI=1S/C13H17N5O/c1-13(2,10-7-15-18(3)9-10)17-12(19)16-11-5-4-6-14-8-11/h4-9H,1-3H3,(H2,16,17,19). The summed E-state index contributed by atoms with van der Waals surface area (Å²) in [7, 11) is 1.84. The summed E-state index contributed by atoms with van der Waals surface area (Å²) in [6, 6.07) is 3.27. The van der Waals surface area contributed by atoms with E-state index in [9.17, 15) is 4.79 Å². The van der Waals surface area contributed by atoms with Crippen LogP contribution in [0.5, 0.6) is 0 Å². The van der Waals surface area contributed by atoms with Crippen LogP contribution in [0.25, 0.3) is 0 Å². The predicted molar refractivity (Wildman–Crippen MR) is 72.6 cm³/mol. The van der Waals surface area contributed by atoms with Crippen molar-refractivity contribution in [1.29, 1.82) is 0 Å². The molecule has 0 saturated carbocycles. The fourth-order valence-corrected chi connectivity index (χ4v) is 1.70. The van der Waals surface area contributed by atoms with Gasteiger partial charge in [0.1, 0.15) is 0 Å². The second-order valence-electron chi connectivity index (χ2n) is 4.85. The molecule has 2 N–H and O–H groups in total. The summed E-state index contributed by atoms with van der Waals surface area (Å²) in [5, 5.41) is 9.75. The molecular weight excluding hydrogens is 242 g/mol. The minimum Gasteiger partial charge on any atom is -0.329 e. The van der Waals surface area contributed by atoms with Crippen LogP contribution in [0.4, 0.5) is 10.5 Å². The number of pyridine rings is 1. The summed E-state index contributed by atoms with van der Waals surface area (Å²) in [4.78, 5) is 15.9. The Hall–Kier alpha value is -2.37. The number of aromatic nitrogens is 3. The van der Waals surface area contributed by atoms with Crippen LogP contribution in [0.3, 0.4) is 0 Å². The van der Waals surface area contributed by atoms with Crippen molar-refractivity contribution in [3.05, 3.63) is 42.5 Å². The first kappa shape index (κ1) is 13.1. The van der Waals surface area contributed by atoms with Gasteiger partial charge in [-0.05, 0) is 26.0 Å². The number of amides is 2. The van der Waals surface area contributed by atoms with E-state index >= 15 is 0 Å². The number of nitrogens with one attached hydrogen (secondary N) is 2. The molecule has 0 aliphatic carbocycles. The number of carbonyl (C=O) groups excluding carboxylic acids is 1. The van der Waals surface area contributed by atoms with Gasteiger partial charge in [0.05, 0.1) is 23.6 Å². The summed E-state index contributed by atoms with van der Waals surface area (Å²) in [6.07, 6.45) is 6.87. The first-order valence-corrected chi connectivity index (χ1v) is 5.96. The van der Waals surface area contributed by atoms with Crippen molar-refractivity contribution in [2.75, 3.05) is 5.32 Å². The minimum atomic E-state index is -0.499. The normalized spacial score (nSPS) is 11.1. The quantitative estimate of drug-likeness (QED) is 0.884. The molecule has 2 amide bonds. The van der Waals surface area contributed by atoms with Gasteiger partial charge < -0.3 is 10.6 Å². The summed E-state index contributed by atoms with van der Waals surface area (Å²) < 4.78 is 1.71. The van der Waals surface area contributed by atoms with Gasteiger partial charge in [-0.25, -0.2) is 4.79 Å². The third-order valence-electron chi connectivity index (χ3n) is 2.77. The Balaban J connectivity index is 2.02. The fourth-order valence-electron chi connectivity index (χ4n) is 1.70. The molecule has 0 radical (unpaired) electrons. The molecule has 2 aromatic rings. The third kappa shape index (κ3) is 3.31. The molecule has 19 heavy (non-hydrogen) atoms. The molecule has 6 heteroatoms. The van der Waals surface area contributed by atoms with Crippen molar-refractivity contribution in [2.45, 2.75) is 19.4 Å². The summed E-state index contributed by atoms with van der Waals surface area (Å²) in [6.45, 7) is 3.85. The Morgan fingerprint density at radius 1 is 1.37 bits per heavy atom. The van der Waals surface area contributed by atoms with Crippen LogP contribution in [0.15, 0.2) is 36.9 Å². The van der Waals surface area contributed by atoms with E-state index in [1.165, 1.54) is 0 Å². The monoisotopic (exact) mass is 259 g/mol. The molecule has 2 aromatic heterocycles. The summed E-state index contributed by atoms with van der Waals surface area (Å²) in [5.41, 5.74) is 1.10. The van der Waals surface area contributed by atoms with Gasteiger partial charge in [-0.1, -0.05) is 0 Å². The van der Waals surface area contributed by atoms with E-state index in [-0.39, 0.29) is 6.03 Å². The highest BCUT2D eigenvalue weighted by Gasteiger charge is 2.24. The van der Waals surface area contributed by atoms with Gasteiger partial charge in [-0.15, -0.1) is 0 Å². The summed E-state index contributed by atoms with van der Waals surface area (Å²) >= 11 is 0. The lowest BCUT2D eigenvalue weighted by Gasteiger charge is -2.25. The number of carbonyl (C=O) groups is 1. The SMILES string of the molecule is Cn1cc(C(C)(C)NC(=O)Nc2cccnc2)cn1. The molecule has 100 valence electrons. The third-order valence-corrected chi connectivity index (χ3v) is 2.77. The first-order valence-electron chi connectivity index (χ1n) is 5.96. The van der Waals surface area contributed by atoms with Gasteiger partial charge >= 0.3 is 6.03 Å². The predicted octanol–water partition coefficient (Wildman–Crippen LogP) is 1.87. The van der Waals surface area contributed by atoms with Crippen molar-refractivity contribution < 1.29 is 4.79 Å². The van der Waals surface area contributed by atoms with E-state index in [1.54, 1.807) is 35.4 Å². The van der Waals surface area contributed by atoms with Crippen LogP contribution in [0.2, 0.25) is 0 Å². The first-order chi connectivity index (χ1) is 8.97. The molecule has 0 aromatic carbocycles. The number of rotatable bonds is 3.